The lowest BCUT2D eigenvalue weighted by Gasteiger charge is -2.03. The van der Waals surface area contributed by atoms with Crippen molar-refractivity contribution >= 4 is 50.2 Å². The molecule has 0 aliphatic heterocycles. The highest BCUT2D eigenvalue weighted by Gasteiger charge is 2.15. The van der Waals surface area contributed by atoms with Crippen LogP contribution >= 0.6 is 27.5 Å². The number of phenols is 1. The van der Waals surface area contributed by atoms with Crippen LogP contribution in [-0.2, 0) is 0 Å². The lowest BCUT2D eigenvalue weighted by Crippen LogP contribution is -2.10. The number of nitrogens with zero attached hydrogens (tertiary/aromatic N) is 1. The molecule has 0 aliphatic rings. The number of oxazole rings is 1. The van der Waals surface area contributed by atoms with Gasteiger partial charge in [-0.3, -0.25) is 4.79 Å². The summed E-state index contributed by atoms with van der Waals surface area (Å²) in [5, 5.41) is 13.1. The monoisotopic (exact) mass is 508 g/mol. The van der Waals surface area contributed by atoms with Gasteiger partial charge in [-0.1, -0.05) is 23.7 Å². The number of amides is 1. The number of fused-ring (bicyclic) bond motifs is 1. The molecule has 0 radical (unpaired) electrons. The number of hydrogen-bond donors (Lipinski definition) is 2. The van der Waals surface area contributed by atoms with Gasteiger partial charge in [0.05, 0.1) is 4.47 Å². The summed E-state index contributed by atoms with van der Waals surface area (Å²) in [4.78, 5) is 17.1. The molecular formula is C24H14BrClN2O4. The fourth-order valence-electron chi connectivity index (χ4n) is 3.22. The van der Waals surface area contributed by atoms with Crippen LogP contribution in [0.3, 0.4) is 0 Å². The molecule has 5 aromatic rings. The van der Waals surface area contributed by atoms with Crippen LogP contribution in [0.5, 0.6) is 5.75 Å². The molecule has 0 atom stereocenters. The lowest BCUT2D eigenvalue weighted by molar-refractivity contribution is 0.0997. The van der Waals surface area contributed by atoms with Crippen LogP contribution in [-0.4, -0.2) is 16.0 Å². The van der Waals surface area contributed by atoms with E-state index in [0.29, 0.717) is 43.5 Å². The Balaban J connectivity index is 1.37. The largest absolute Gasteiger partial charge is 0.507 e. The Kier molecular flexibility index (Phi) is 5.20. The van der Waals surface area contributed by atoms with Crippen molar-refractivity contribution in [2.45, 2.75) is 0 Å². The molecule has 0 bridgehead atoms. The third kappa shape index (κ3) is 4.00. The number of carbonyl (C=O) groups is 1. The van der Waals surface area contributed by atoms with Gasteiger partial charge in [0.1, 0.15) is 17.0 Å². The molecule has 0 aliphatic carbocycles. The molecular weight excluding hydrogens is 496 g/mol. The zero-order valence-corrected chi connectivity index (χ0v) is 18.6. The summed E-state index contributed by atoms with van der Waals surface area (Å²) in [6, 6.07) is 20.7. The number of phenolic OH excluding ortho intramolecular Hbond substituents is 1. The van der Waals surface area contributed by atoms with Crippen molar-refractivity contribution in [1.29, 1.82) is 0 Å². The molecule has 0 saturated carbocycles. The third-order valence-corrected chi connectivity index (χ3v) is 5.65. The molecule has 32 heavy (non-hydrogen) atoms. The highest BCUT2D eigenvalue weighted by atomic mass is 79.9. The molecule has 2 aromatic heterocycles. The van der Waals surface area contributed by atoms with Crippen LogP contribution in [0.25, 0.3) is 33.9 Å². The van der Waals surface area contributed by atoms with Gasteiger partial charge >= 0.3 is 0 Å². The zero-order chi connectivity index (χ0) is 22.2. The number of carbonyl (C=O) groups excluding carboxylic acids is 1. The number of nitrogens with one attached hydrogen (secondary N) is 1. The second kappa shape index (κ2) is 8.18. The highest BCUT2D eigenvalue weighted by Crippen LogP contribution is 2.32. The Hall–Kier alpha value is -3.55. The van der Waals surface area contributed by atoms with Gasteiger partial charge in [0.15, 0.2) is 11.3 Å². The highest BCUT2D eigenvalue weighted by molar-refractivity contribution is 9.10. The predicted octanol–water partition coefficient (Wildman–Crippen LogP) is 7.13. The van der Waals surface area contributed by atoms with E-state index in [1.807, 2.05) is 12.1 Å². The van der Waals surface area contributed by atoms with Gasteiger partial charge in [0, 0.05) is 21.8 Å². The number of aromatic hydroxyl groups is 1. The van der Waals surface area contributed by atoms with Gasteiger partial charge in [-0.15, -0.1) is 0 Å². The first-order chi connectivity index (χ1) is 15.5. The summed E-state index contributed by atoms with van der Waals surface area (Å²) >= 11 is 9.31. The van der Waals surface area contributed by atoms with Crippen molar-refractivity contribution in [3.8, 4) is 28.5 Å². The second-order valence-corrected chi connectivity index (χ2v) is 8.29. The van der Waals surface area contributed by atoms with E-state index in [4.69, 9.17) is 20.4 Å². The Bertz CT molecular complexity index is 1470. The molecule has 0 fully saturated rings. The van der Waals surface area contributed by atoms with Gasteiger partial charge in [0.25, 0.3) is 5.91 Å². The summed E-state index contributed by atoms with van der Waals surface area (Å²) in [6.45, 7) is 0. The lowest BCUT2D eigenvalue weighted by atomic mass is 10.2. The van der Waals surface area contributed by atoms with E-state index in [0.717, 1.165) is 5.56 Å². The molecule has 0 spiro atoms. The van der Waals surface area contributed by atoms with Crippen LogP contribution in [0.2, 0.25) is 5.02 Å². The van der Waals surface area contributed by atoms with E-state index >= 15 is 0 Å². The van der Waals surface area contributed by atoms with Gasteiger partial charge in [-0.25, -0.2) is 4.98 Å². The van der Waals surface area contributed by atoms with Crippen LogP contribution < -0.4 is 5.32 Å². The molecule has 8 heteroatoms. The van der Waals surface area contributed by atoms with Crippen molar-refractivity contribution in [3.63, 3.8) is 0 Å². The maximum atomic E-state index is 12.7. The maximum absolute atomic E-state index is 12.7. The maximum Gasteiger partial charge on any atom is 0.291 e. The predicted molar refractivity (Wildman–Crippen MR) is 126 cm³/mol. The minimum absolute atomic E-state index is 0.131. The minimum Gasteiger partial charge on any atom is -0.507 e. The number of halogens is 2. The topological polar surface area (TPSA) is 88.5 Å². The van der Waals surface area contributed by atoms with Crippen LogP contribution in [0.4, 0.5) is 5.69 Å². The molecule has 158 valence electrons. The van der Waals surface area contributed by atoms with Crippen molar-refractivity contribution in [2.75, 3.05) is 5.32 Å². The van der Waals surface area contributed by atoms with Crippen LogP contribution in [0.1, 0.15) is 10.6 Å². The van der Waals surface area contributed by atoms with Gasteiger partial charge in [0.2, 0.25) is 5.89 Å². The Morgan fingerprint density at radius 2 is 1.84 bits per heavy atom. The van der Waals surface area contributed by atoms with E-state index in [9.17, 15) is 9.90 Å². The number of furan rings is 1. The molecule has 5 rings (SSSR count). The Labute approximate surface area is 195 Å². The first-order valence-corrected chi connectivity index (χ1v) is 10.7. The first kappa shape index (κ1) is 20.4. The zero-order valence-electron chi connectivity index (χ0n) is 16.3. The van der Waals surface area contributed by atoms with E-state index < -0.39 is 0 Å². The van der Waals surface area contributed by atoms with E-state index in [-0.39, 0.29) is 17.4 Å². The van der Waals surface area contributed by atoms with Crippen molar-refractivity contribution in [1.82, 2.24) is 4.98 Å². The third-order valence-electron chi connectivity index (χ3n) is 4.78. The Morgan fingerprint density at radius 1 is 0.969 bits per heavy atom. The number of anilines is 1. The van der Waals surface area contributed by atoms with E-state index in [1.54, 1.807) is 60.7 Å². The van der Waals surface area contributed by atoms with Gasteiger partial charge < -0.3 is 19.3 Å². The average molecular weight is 510 g/mol. The molecule has 0 saturated heterocycles. The fraction of sp³-hybridized carbons (Fsp3) is 0. The number of rotatable bonds is 4. The summed E-state index contributed by atoms with van der Waals surface area (Å²) in [5.74, 6) is 0.876. The molecule has 2 heterocycles. The van der Waals surface area contributed by atoms with Gasteiger partial charge in [-0.05, 0) is 76.6 Å². The summed E-state index contributed by atoms with van der Waals surface area (Å²) in [5.41, 5.74) is 3.20. The molecule has 6 nitrogen and oxygen atoms in total. The van der Waals surface area contributed by atoms with Crippen molar-refractivity contribution < 1.29 is 18.7 Å². The van der Waals surface area contributed by atoms with Crippen LogP contribution in [0.15, 0.2) is 86.1 Å². The van der Waals surface area contributed by atoms with Crippen molar-refractivity contribution in [3.05, 3.63) is 88.1 Å². The molecule has 3 aromatic carbocycles. The van der Waals surface area contributed by atoms with Crippen molar-refractivity contribution in [2.24, 2.45) is 0 Å². The second-order valence-electron chi connectivity index (χ2n) is 7.00. The minimum atomic E-state index is -0.385. The normalized spacial score (nSPS) is 11.1. The smallest absolute Gasteiger partial charge is 0.291 e. The van der Waals surface area contributed by atoms with E-state index in [2.05, 4.69) is 26.2 Å². The first-order valence-electron chi connectivity index (χ1n) is 9.53. The summed E-state index contributed by atoms with van der Waals surface area (Å²) < 4.78 is 12.0. The standard InChI is InChI=1S/C24H14BrClN2O4/c25-17-11-14(4-6-19(17)29)24-28-18-12-16(5-7-21(18)32-24)27-23(30)22-9-8-20(31-22)13-2-1-3-15(26)10-13/h1-12,29H,(H,27,30). The molecule has 1 amide bonds. The van der Waals surface area contributed by atoms with Crippen LogP contribution in [0, 0.1) is 0 Å². The summed E-state index contributed by atoms with van der Waals surface area (Å²) in [6.07, 6.45) is 0. The number of hydrogen-bond acceptors (Lipinski definition) is 5. The average Bonchev–Trinajstić information content (AvgIpc) is 3.43. The van der Waals surface area contributed by atoms with E-state index in [1.165, 1.54) is 0 Å². The quantitative estimate of drug-likeness (QED) is 0.269. The molecule has 0 unspecified atom stereocenters. The van der Waals surface area contributed by atoms with Gasteiger partial charge in [-0.2, -0.15) is 0 Å². The Morgan fingerprint density at radius 3 is 2.66 bits per heavy atom. The number of benzene rings is 3. The fourth-order valence-corrected chi connectivity index (χ4v) is 3.79. The summed E-state index contributed by atoms with van der Waals surface area (Å²) in [7, 11) is 0. The SMILES string of the molecule is O=C(Nc1ccc2oc(-c3ccc(O)c(Br)c3)nc2c1)c1ccc(-c2cccc(Cl)c2)o1. The molecule has 2 N–H and O–H groups in total. The number of aromatic nitrogens is 1.